The average molecular weight is 495 g/mol. The van der Waals surface area contributed by atoms with Gasteiger partial charge in [0, 0.05) is 50.6 Å². The zero-order valence-electron chi connectivity index (χ0n) is 19.1. The molecular weight excluding hydrogens is 474 g/mol. The molecule has 0 bridgehead atoms. The summed E-state index contributed by atoms with van der Waals surface area (Å²) in [6, 6.07) is 5.50. The summed E-state index contributed by atoms with van der Waals surface area (Å²) < 4.78 is 31.8. The number of carbonyl (C=O) groups excluding carboxylic acids is 2. The first-order chi connectivity index (χ1) is 16.7. The molecule has 1 aromatic carbocycles. The molecule has 8 nitrogen and oxygen atoms in total. The molecule has 0 atom stereocenters. The summed E-state index contributed by atoms with van der Waals surface area (Å²) in [5.41, 5.74) is 2.99. The highest BCUT2D eigenvalue weighted by Crippen LogP contribution is 2.44. The molecule has 3 heterocycles. The van der Waals surface area contributed by atoms with Crippen LogP contribution in [0.2, 0.25) is 0 Å². The van der Waals surface area contributed by atoms with Gasteiger partial charge >= 0.3 is 0 Å². The molecule has 1 aliphatic rings. The molecule has 3 aromatic heterocycles. The van der Waals surface area contributed by atoms with E-state index in [4.69, 9.17) is 0 Å². The number of hydrogen-bond acceptors (Lipinski definition) is 6. The van der Waals surface area contributed by atoms with Gasteiger partial charge < -0.3 is 10.2 Å². The standard InChI is InChI=1S/C24H20F2N6O2S/c1-12(33)28-24-29-18-7-6-14-20(13-5-4-8-27-11-13)30-32(21(14)22(18)35-24)19-10-16(25)15(9-17(19)26)23(34)31(2)3/h4-5,8-11H,6-7H2,1-3H3,(H,28,29,33). The van der Waals surface area contributed by atoms with E-state index >= 15 is 8.78 Å². The van der Waals surface area contributed by atoms with Crippen LogP contribution < -0.4 is 5.32 Å². The Morgan fingerprint density at radius 1 is 1.17 bits per heavy atom. The first-order valence-electron chi connectivity index (χ1n) is 10.8. The first kappa shape index (κ1) is 22.8. The lowest BCUT2D eigenvalue weighted by Crippen LogP contribution is -2.23. The van der Waals surface area contributed by atoms with Crippen LogP contribution in [-0.4, -0.2) is 50.6 Å². The maximum atomic E-state index is 15.4. The van der Waals surface area contributed by atoms with Crippen LogP contribution >= 0.6 is 11.3 Å². The van der Waals surface area contributed by atoms with Crippen LogP contribution in [0.1, 0.15) is 28.5 Å². The fraction of sp³-hybridized carbons (Fsp3) is 0.208. The van der Waals surface area contributed by atoms with Crippen LogP contribution in [-0.2, 0) is 17.6 Å². The summed E-state index contributed by atoms with van der Waals surface area (Å²) in [5, 5.41) is 7.79. The van der Waals surface area contributed by atoms with Crippen molar-refractivity contribution in [2.75, 3.05) is 19.4 Å². The summed E-state index contributed by atoms with van der Waals surface area (Å²) in [6.45, 7) is 1.39. The van der Waals surface area contributed by atoms with Crippen molar-refractivity contribution in [3.63, 3.8) is 0 Å². The molecule has 1 N–H and O–H groups in total. The molecular formula is C24H20F2N6O2S. The van der Waals surface area contributed by atoms with E-state index in [1.165, 1.54) is 41.9 Å². The number of nitrogens with zero attached hydrogens (tertiary/aromatic N) is 5. The molecule has 178 valence electrons. The normalized spacial score (nSPS) is 12.1. The molecule has 0 radical (unpaired) electrons. The van der Waals surface area contributed by atoms with Crippen LogP contribution in [0.5, 0.6) is 0 Å². The second kappa shape index (κ2) is 8.66. The van der Waals surface area contributed by atoms with Gasteiger partial charge in [0.15, 0.2) is 5.13 Å². The van der Waals surface area contributed by atoms with E-state index in [1.54, 1.807) is 18.5 Å². The number of hydrogen-bond donors (Lipinski definition) is 1. The van der Waals surface area contributed by atoms with Crippen LogP contribution in [0.25, 0.3) is 27.5 Å². The molecule has 5 rings (SSSR count). The Bertz CT molecular complexity index is 1480. The second-order valence-electron chi connectivity index (χ2n) is 8.29. The van der Waals surface area contributed by atoms with E-state index in [1.807, 2.05) is 6.07 Å². The van der Waals surface area contributed by atoms with Crippen molar-refractivity contribution in [3.8, 4) is 27.5 Å². The minimum atomic E-state index is -0.855. The highest BCUT2D eigenvalue weighted by Gasteiger charge is 2.31. The lowest BCUT2D eigenvalue weighted by molar-refractivity contribution is -0.114. The average Bonchev–Trinajstić information content (AvgIpc) is 3.40. The maximum absolute atomic E-state index is 15.4. The Labute approximate surface area is 203 Å². The number of anilines is 1. The number of benzene rings is 1. The van der Waals surface area contributed by atoms with Gasteiger partial charge in [-0.05, 0) is 31.0 Å². The van der Waals surface area contributed by atoms with E-state index in [0.717, 1.165) is 29.0 Å². The van der Waals surface area contributed by atoms with E-state index in [2.05, 4.69) is 20.4 Å². The zero-order valence-corrected chi connectivity index (χ0v) is 19.9. The van der Waals surface area contributed by atoms with Crippen molar-refractivity contribution >= 4 is 28.3 Å². The van der Waals surface area contributed by atoms with Gasteiger partial charge in [-0.1, -0.05) is 11.3 Å². The lowest BCUT2D eigenvalue weighted by Gasteiger charge is -2.16. The van der Waals surface area contributed by atoms with E-state index < -0.39 is 17.5 Å². The monoisotopic (exact) mass is 494 g/mol. The number of aromatic nitrogens is 4. The van der Waals surface area contributed by atoms with Crippen LogP contribution in [0.15, 0.2) is 36.7 Å². The fourth-order valence-corrected chi connectivity index (χ4v) is 5.20. The third-order valence-electron chi connectivity index (χ3n) is 5.63. The lowest BCUT2D eigenvalue weighted by atomic mass is 9.95. The van der Waals surface area contributed by atoms with Crippen LogP contribution in [0, 0.1) is 11.6 Å². The van der Waals surface area contributed by atoms with Gasteiger partial charge in [-0.25, -0.2) is 18.4 Å². The highest BCUT2D eigenvalue weighted by atomic mass is 32.1. The number of halogens is 2. The topological polar surface area (TPSA) is 93.0 Å². The fourth-order valence-electron chi connectivity index (χ4n) is 4.09. The largest absolute Gasteiger partial charge is 0.345 e. The summed E-state index contributed by atoms with van der Waals surface area (Å²) in [5.74, 6) is -2.55. The van der Waals surface area contributed by atoms with Crippen LogP contribution in [0.4, 0.5) is 13.9 Å². The second-order valence-corrected chi connectivity index (χ2v) is 9.29. The minimum absolute atomic E-state index is 0.133. The van der Waals surface area contributed by atoms with Crippen LogP contribution in [0.3, 0.4) is 0 Å². The first-order valence-corrected chi connectivity index (χ1v) is 11.6. The van der Waals surface area contributed by atoms with Crippen molar-refractivity contribution in [2.24, 2.45) is 0 Å². The van der Waals surface area contributed by atoms with Gasteiger partial charge in [0.25, 0.3) is 5.91 Å². The highest BCUT2D eigenvalue weighted by molar-refractivity contribution is 7.19. The number of thiazole rings is 1. The van der Waals surface area contributed by atoms with E-state index in [9.17, 15) is 9.59 Å². The summed E-state index contributed by atoms with van der Waals surface area (Å²) in [7, 11) is 2.94. The number of nitrogens with one attached hydrogen (secondary N) is 1. The summed E-state index contributed by atoms with van der Waals surface area (Å²) >= 11 is 1.25. The molecule has 2 amide bonds. The Kier molecular flexibility index (Phi) is 5.64. The van der Waals surface area contributed by atoms with E-state index in [-0.39, 0.29) is 17.2 Å². The van der Waals surface area contributed by atoms with Gasteiger partial charge in [0.1, 0.15) is 17.3 Å². The Balaban J connectivity index is 1.74. The van der Waals surface area contributed by atoms with Crippen molar-refractivity contribution in [1.29, 1.82) is 0 Å². The Hall–Kier alpha value is -3.99. The predicted octanol–water partition coefficient (Wildman–Crippen LogP) is 4.09. The summed E-state index contributed by atoms with van der Waals surface area (Å²) in [6.07, 6.45) is 4.47. The molecule has 35 heavy (non-hydrogen) atoms. The number of amides is 2. The summed E-state index contributed by atoms with van der Waals surface area (Å²) in [4.78, 5) is 34.4. The van der Waals surface area contributed by atoms with Crippen molar-refractivity contribution in [3.05, 3.63) is 65.1 Å². The van der Waals surface area contributed by atoms with Gasteiger partial charge in [-0.15, -0.1) is 0 Å². The molecule has 0 fully saturated rings. The van der Waals surface area contributed by atoms with Gasteiger partial charge in [0.2, 0.25) is 5.91 Å². The predicted molar refractivity (Wildman–Crippen MR) is 128 cm³/mol. The van der Waals surface area contributed by atoms with Gasteiger partial charge in [-0.2, -0.15) is 5.10 Å². The third-order valence-corrected chi connectivity index (χ3v) is 6.65. The molecule has 1 aliphatic carbocycles. The van der Waals surface area contributed by atoms with E-state index in [0.29, 0.717) is 34.2 Å². The SMILES string of the molecule is CC(=O)Nc1nc2c(s1)-c1c(c(-c3cccnc3)nn1-c1cc(F)c(C(=O)N(C)C)cc1F)CC2. The maximum Gasteiger partial charge on any atom is 0.256 e. The zero-order chi connectivity index (χ0) is 24.9. The number of pyridine rings is 1. The van der Waals surface area contributed by atoms with Crippen molar-refractivity contribution < 1.29 is 18.4 Å². The van der Waals surface area contributed by atoms with Gasteiger partial charge in [-0.3, -0.25) is 14.6 Å². The number of fused-ring (bicyclic) bond motifs is 3. The smallest absolute Gasteiger partial charge is 0.256 e. The number of carbonyl (C=O) groups is 2. The third kappa shape index (κ3) is 3.97. The molecule has 0 saturated carbocycles. The van der Waals surface area contributed by atoms with Gasteiger partial charge in [0.05, 0.1) is 27.5 Å². The van der Waals surface area contributed by atoms with Crippen molar-refractivity contribution in [2.45, 2.75) is 19.8 Å². The number of aryl methyl sites for hydroxylation is 1. The van der Waals surface area contributed by atoms with Crippen molar-refractivity contribution in [1.82, 2.24) is 24.6 Å². The minimum Gasteiger partial charge on any atom is -0.345 e. The molecule has 4 aromatic rings. The molecule has 0 aliphatic heterocycles. The molecule has 0 spiro atoms. The quantitative estimate of drug-likeness (QED) is 0.461. The molecule has 0 saturated heterocycles. The Morgan fingerprint density at radius 3 is 2.66 bits per heavy atom. The number of rotatable bonds is 4. The molecule has 0 unspecified atom stereocenters. The molecule has 11 heteroatoms. The Morgan fingerprint density at radius 2 is 1.97 bits per heavy atom.